The predicted octanol–water partition coefficient (Wildman–Crippen LogP) is 6.15. The van der Waals surface area contributed by atoms with E-state index in [1.807, 2.05) is 0 Å². The molecule has 0 atom stereocenters. The maximum absolute atomic E-state index is 12.7. The average molecular weight is 369 g/mol. The number of hydrogen-bond donors (Lipinski definition) is 0. The highest BCUT2D eigenvalue weighted by Crippen LogP contribution is 2.37. The van der Waals surface area contributed by atoms with E-state index in [2.05, 4.69) is 15.9 Å². The van der Waals surface area contributed by atoms with Crippen molar-refractivity contribution in [2.75, 3.05) is 0 Å². The van der Waals surface area contributed by atoms with Crippen LogP contribution in [0.3, 0.4) is 0 Å². The zero-order valence-electron chi connectivity index (χ0n) is 10.2. The Hall–Kier alpha value is -1.50. The summed E-state index contributed by atoms with van der Waals surface area (Å²) in [4.78, 5) is 0. The molecule has 112 valence electrons. The molecule has 2 aromatic carbocycles. The molecule has 2 aromatic rings. The molecule has 0 aliphatic carbocycles. The standard InChI is InChI=1S/C14H7BrF6/c15-12-6-5-10(14(19,20)21)7-11(12)8-1-3-9(4-2-8)13(16,17)18/h1-7H. The van der Waals surface area contributed by atoms with Crippen molar-refractivity contribution in [2.45, 2.75) is 12.4 Å². The lowest BCUT2D eigenvalue weighted by molar-refractivity contribution is -0.138. The van der Waals surface area contributed by atoms with Crippen molar-refractivity contribution in [3.05, 3.63) is 58.1 Å². The minimum Gasteiger partial charge on any atom is -0.166 e. The van der Waals surface area contributed by atoms with Crippen LogP contribution in [0.1, 0.15) is 11.1 Å². The van der Waals surface area contributed by atoms with Gasteiger partial charge in [0, 0.05) is 4.47 Å². The molecule has 2 rings (SSSR count). The first kappa shape index (κ1) is 15.9. The summed E-state index contributed by atoms with van der Waals surface area (Å²) < 4.78 is 75.8. The van der Waals surface area contributed by atoms with Crippen molar-refractivity contribution >= 4 is 15.9 Å². The Balaban J connectivity index is 2.47. The number of hydrogen-bond acceptors (Lipinski definition) is 0. The van der Waals surface area contributed by atoms with Crippen LogP contribution in [0, 0.1) is 0 Å². The molecule has 0 heterocycles. The molecule has 21 heavy (non-hydrogen) atoms. The summed E-state index contributed by atoms with van der Waals surface area (Å²) in [6.45, 7) is 0. The molecule has 0 fully saturated rings. The van der Waals surface area contributed by atoms with E-state index >= 15 is 0 Å². The average Bonchev–Trinajstić information content (AvgIpc) is 2.37. The summed E-state index contributed by atoms with van der Waals surface area (Å²) in [7, 11) is 0. The van der Waals surface area contributed by atoms with E-state index in [1.54, 1.807) is 0 Å². The maximum atomic E-state index is 12.7. The zero-order chi connectivity index (χ0) is 15.8. The minimum absolute atomic E-state index is 0.179. The molecule has 0 aliphatic heterocycles. The molecule has 0 bridgehead atoms. The van der Waals surface area contributed by atoms with Gasteiger partial charge in [-0.15, -0.1) is 0 Å². The van der Waals surface area contributed by atoms with E-state index in [0.717, 1.165) is 36.4 Å². The first-order valence-electron chi connectivity index (χ1n) is 5.63. The van der Waals surface area contributed by atoms with Gasteiger partial charge in [-0.05, 0) is 41.5 Å². The Kier molecular flexibility index (Phi) is 4.06. The van der Waals surface area contributed by atoms with Gasteiger partial charge in [-0.1, -0.05) is 28.1 Å². The van der Waals surface area contributed by atoms with E-state index in [0.29, 0.717) is 4.47 Å². The Morgan fingerprint density at radius 2 is 1.14 bits per heavy atom. The van der Waals surface area contributed by atoms with Crippen molar-refractivity contribution in [2.24, 2.45) is 0 Å². The molecular weight excluding hydrogens is 362 g/mol. The Bertz CT molecular complexity index is 640. The first-order chi connectivity index (χ1) is 9.59. The molecule has 0 unspecified atom stereocenters. The first-order valence-corrected chi connectivity index (χ1v) is 6.43. The lowest BCUT2D eigenvalue weighted by Crippen LogP contribution is -2.05. The number of benzene rings is 2. The second-order valence-corrected chi connectivity index (χ2v) is 5.12. The molecule has 0 aliphatic rings. The van der Waals surface area contributed by atoms with Crippen LogP contribution in [0.2, 0.25) is 0 Å². The Morgan fingerprint density at radius 3 is 1.62 bits per heavy atom. The van der Waals surface area contributed by atoms with Gasteiger partial charge in [0.15, 0.2) is 0 Å². The minimum atomic E-state index is -4.51. The highest BCUT2D eigenvalue weighted by molar-refractivity contribution is 9.10. The largest absolute Gasteiger partial charge is 0.416 e. The van der Waals surface area contributed by atoms with Crippen molar-refractivity contribution in [1.29, 1.82) is 0 Å². The van der Waals surface area contributed by atoms with E-state index in [-0.39, 0.29) is 11.1 Å². The molecule has 0 amide bonds. The molecule has 0 spiro atoms. The smallest absolute Gasteiger partial charge is 0.166 e. The summed E-state index contributed by atoms with van der Waals surface area (Å²) in [5.74, 6) is 0. The van der Waals surface area contributed by atoms with Crippen molar-refractivity contribution in [3.63, 3.8) is 0 Å². The topological polar surface area (TPSA) is 0 Å². The summed E-state index contributed by atoms with van der Waals surface area (Å²) in [5.41, 5.74) is -1.27. The zero-order valence-corrected chi connectivity index (χ0v) is 11.8. The maximum Gasteiger partial charge on any atom is 0.416 e. The van der Waals surface area contributed by atoms with Crippen molar-refractivity contribution in [3.8, 4) is 11.1 Å². The van der Waals surface area contributed by atoms with Crippen molar-refractivity contribution < 1.29 is 26.3 Å². The highest BCUT2D eigenvalue weighted by atomic mass is 79.9. The second-order valence-electron chi connectivity index (χ2n) is 4.27. The van der Waals surface area contributed by atoms with E-state index in [9.17, 15) is 26.3 Å². The molecule has 0 aromatic heterocycles. The van der Waals surface area contributed by atoms with Crippen LogP contribution in [0.4, 0.5) is 26.3 Å². The van der Waals surface area contributed by atoms with Crippen LogP contribution in [-0.2, 0) is 12.4 Å². The summed E-state index contributed by atoms with van der Waals surface area (Å²) in [5, 5.41) is 0. The molecule has 0 nitrogen and oxygen atoms in total. The van der Waals surface area contributed by atoms with Crippen LogP contribution in [0.15, 0.2) is 46.9 Å². The van der Waals surface area contributed by atoms with Crippen LogP contribution in [0.5, 0.6) is 0 Å². The number of alkyl halides is 6. The molecular formula is C14H7BrF6. The third-order valence-electron chi connectivity index (χ3n) is 2.82. The lowest BCUT2D eigenvalue weighted by atomic mass is 10.0. The van der Waals surface area contributed by atoms with E-state index in [4.69, 9.17) is 0 Å². The van der Waals surface area contributed by atoms with E-state index < -0.39 is 23.5 Å². The van der Waals surface area contributed by atoms with Gasteiger partial charge in [-0.3, -0.25) is 0 Å². The quantitative estimate of drug-likeness (QED) is 0.529. The third kappa shape index (κ3) is 3.58. The predicted molar refractivity (Wildman–Crippen MR) is 69.6 cm³/mol. The number of halogens is 7. The monoisotopic (exact) mass is 368 g/mol. The van der Waals surface area contributed by atoms with E-state index in [1.165, 1.54) is 6.07 Å². The molecule has 0 saturated heterocycles. The lowest BCUT2D eigenvalue weighted by Gasteiger charge is -2.12. The molecule has 0 radical (unpaired) electrons. The summed E-state index contributed by atoms with van der Waals surface area (Å²) >= 11 is 3.10. The Morgan fingerprint density at radius 1 is 0.667 bits per heavy atom. The van der Waals surface area contributed by atoms with Gasteiger partial charge in [-0.25, -0.2) is 0 Å². The molecule has 7 heteroatoms. The normalized spacial score (nSPS) is 12.5. The van der Waals surface area contributed by atoms with Crippen LogP contribution in [0.25, 0.3) is 11.1 Å². The number of rotatable bonds is 1. The van der Waals surface area contributed by atoms with Gasteiger partial charge in [0.05, 0.1) is 11.1 Å². The fraction of sp³-hybridized carbons (Fsp3) is 0.143. The van der Waals surface area contributed by atoms with Gasteiger partial charge < -0.3 is 0 Å². The van der Waals surface area contributed by atoms with Crippen LogP contribution >= 0.6 is 15.9 Å². The van der Waals surface area contributed by atoms with Gasteiger partial charge in [0.25, 0.3) is 0 Å². The Labute approximate surface area is 124 Å². The van der Waals surface area contributed by atoms with Gasteiger partial charge >= 0.3 is 12.4 Å². The van der Waals surface area contributed by atoms with Gasteiger partial charge in [0.1, 0.15) is 0 Å². The summed E-state index contributed by atoms with van der Waals surface area (Å²) in [6.07, 6.45) is -9.00. The van der Waals surface area contributed by atoms with Crippen molar-refractivity contribution in [1.82, 2.24) is 0 Å². The fourth-order valence-electron chi connectivity index (χ4n) is 1.76. The van der Waals surface area contributed by atoms with Crippen LogP contribution in [-0.4, -0.2) is 0 Å². The fourth-order valence-corrected chi connectivity index (χ4v) is 2.24. The van der Waals surface area contributed by atoms with Gasteiger partial charge in [-0.2, -0.15) is 26.3 Å². The SMILES string of the molecule is FC(F)(F)c1ccc(-c2cc(C(F)(F)F)ccc2Br)cc1. The van der Waals surface area contributed by atoms with Gasteiger partial charge in [0.2, 0.25) is 0 Å². The second kappa shape index (κ2) is 5.36. The van der Waals surface area contributed by atoms with Crippen LogP contribution < -0.4 is 0 Å². The highest BCUT2D eigenvalue weighted by Gasteiger charge is 2.32. The molecule has 0 saturated carbocycles. The summed E-state index contributed by atoms with van der Waals surface area (Å²) in [6, 6.07) is 6.97. The molecule has 0 N–H and O–H groups in total. The third-order valence-corrected chi connectivity index (χ3v) is 3.51.